The maximum Gasteiger partial charge on any atom is 0.293 e. The lowest BCUT2D eigenvalue weighted by molar-refractivity contribution is 0.0919. The minimum Gasteiger partial charge on any atom is -0.385 e. The minimum absolute atomic E-state index is 0.0287. The molecule has 14 heavy (non-hydrogen) atoms. The van der Waals surface area contributed by atoms with Gasteiger partial charge in [0.05, 0.1) is 0 Å². The van der Waals surface area contributed by atoms with Crippen LogP contribution in [0, 0.1) is 0 Å². The molecule has 1 heterocycles. The van der Waals surface area contributed by atoms with Crippen LogP contribution < -0.4 is 5.32 Å². The van der Waals surface area contributed by atoms with Gasteiger partial charge in [-0.3, -0.25) is 4.79 Å². The highest BCUT2D eigenvalue weighted by Crippen LogP contribution is 1.92. The second-order valence-corrected chi connectivity index (χ2v) is 2.89. The smallest absolute Gasteiger partial charge is 0.293 e. The maximum absolute atomic E-state index is 11.3. The molecule has 0 fully saturated rings. The van der Waals surface area contributed by atoms with E-state index in [0.29, 0.717) is 6.61 Å². The van der Waals surface area contributed by atoms with E-state index in [9.17, 15) is 4.79 Å². The molecular formula is C7H13N5O2. The number of methoxy groups -OCH3 is 1. The Morgan fingerprint density at radius 2 is 2.50 bits per heavy atom. The van der Waals surface area contributed by atoms with Crippen molar-refractivity contribution >= 4 is 5.91 Å². The number of carbonyl (C=O) groups is 1. The van der Waals surface area contributed by atoms with Gasteiger partial charge in [0.25, 0.3) is 11.7 Å². The zero-order valence-corrected chi connectivity index (χ0v) is 8.15. The molecule has 0 aromatic carbocycles. The zero-order chi connectivity index (χ0) is 10.4. The topological polar surface area (TPSA) is 92.8 Å². The number of H-pyrrole nitrogens is 1. The molecule has 0 aliphatic carbocycles. The van der Waals surface area contributed by atoms with Gasteiger partial charge in [0.15, 0.2) is 0 Å². The second-order valence-electron chi connectivity index (χ2n) is 2.89. The standard InChI is InChI=1S/C7H13N5O2/c1-5(3-4-14-2)8-7(13)6-9-11-12-10-6/h5H,3-4H2,1-2H3,(H,8,13)(H,9,10,11,12). The Kier molecular flexibility index (Phi) is 3.99. The van der Waals surface area contributed by atoms with Crippen molar-refractivity contribution in [3.8, 4) is 0 Å². The molecule has 1 unspecified atom stereocenters. The lowest BCUT2D eigenvalue weighted by Gasteiger charge is -2.10. The van der Waals surface area contributed by atoms with Gasteiger partial charge in [-0.25, -0.2) is 0 Å². The van der Waals surface area contributed by atoms with Crippen LogP contribution in [0.4, 0.5) is 0 Å². The summed E-state index contributed by atoms with van der Waals surface area (Å²) in [6, 6.07) is 0.0287. The van der Waals surface area contributed by atoms with Crippen molar-refractivity contribution in [1.29, 1.82) is 0 Å². The van der Waals surface area contributed by atoms with Gasteiger partial charge in [-0.1, -0.05) is 0 Å². The van der Waals surface area contributed by atoms with Gasteiger partial charge in [-0.15, -0.1) is 10.2 Å². The van der Waals surface area contributed by atoms with Crippen molar-refractivity contribution in [3.05, 3.63) is 5.82 Å². The van der Waals surface area contributed by atoms with Crippen molar-refractivity contribution < 1.29 is 9.53 Å². The number of carbonyl (C=O) groups excluding carboxylic acids is 1. The normalized spacial score (nSPS) is 12.4. The molecular weight excluding hydrogens is 186 g/mol. The van der Waals surface area contributed by atoms with Gasteiger partial charge < -0.3 is 10.1 Å². The summed E-state index contributed by atoms with van der Waals surface area (Å²) in [4.78, 5) is 11.3. The van der Waals surface area contributed by atoms with Gasteiger partial charge in [0.1, 0.15) is 0 Å². The lowest BCUT2D eigenvalue weighted by atomic mass is 10.2. The largest absolute Gasteiger partial charge is 0.385 e. The quantitative estimate of drug-likeness (QED) is 0.657. The molecule has 7 nitrogen and oxygen atoms in total. The first kappa shape index (κ1) is 10.6. The average molecular weight is 199 g/mol. The highest BCUT2D eigenvalue weighted by atomic mass is 16.5. The third-order valence-corrected chi connectivity index (χ3v) is 1.68. The Bertz CT molecular complexity index is 274. The van der Waals surface area contributed by atoms with E-state index in [4.69, 9.17) is 4.74 Å². The predicted octanol–water partition coefficient (Wildman–Crippen LogP) is -0.646. The van der Waals surface area contributed by atoms with Crippen LogP contribution in [0.2, 0.25) is 0 Å². The summed E-state index contributed by atoms with van der Waals surface area (Å²) in [6.07, 6.45) is 0.750. The van der Waals surface area contributed by atoms with E-state index in [1.165, 1.54) is 0 Å². The van der Waals surface area contributed by atoms with Crippen LogP contribution in [-0.4, -0.2) is 46.3 Å². The lowest BCUT2D eigenvalue weighted by Crippen LogP contribution is -2.34. The number of aromatic nitrogens is 4. The Morgan fingerprint density at radius 3 is 3.07 bits per heavy atom. The maximum atomic E-state index is 11.3. The van der Waals surface area contributed by atoms with E-state index in [1.54, 1.807) is 7.11 Å². The fraction of sp³-hybridized carbons (Fsp3) is 0.714. The highest BCUT2D eigenvalue weighted by Gasteiger charge is 2.12. The van der Waals surface area contributed by atoms with Crippen molar-refractivity contribution in [3.63, 3.8) is 0 Å². The number of hydrogen-bond donors (Lipinski definition) is 2. The SMILES string of the molecule is COCCC(C)NC(=O)c1nn[nH]n1. The molecule has 0 aliphatic heterocycles. The van der Waals surface area contributed by atoms with Crippen molar-refractivity contribution in [2.45, 2.75) is 19.4 Å². The second kappa shape index (κ2) is 5.28. The molecule has 7 heteroatoms. The van der Waals surface area contributed by atoms with Gasteiger partial charge in [-0.2, -0.15) is 5.21 Å². The first-order valence-electron chi connectivity index (χ1n) is 4.27. The Labute approximate surface area is 81.2 Å². The molecule has 1 atom stereocenters. The molecule has 0 radical (unpaired) electrons. The predicted molar refractivity (Wildman–Crippen MR) is 47.6 cm³/mol. The van der Waals surface area contributed by atoms with Gasteiger partial charge in [0.2, 0.25) is 0 Å². The molecule has 0 bridgehead atoms. The summed E-state index contributed by atoms with van der Waals surface area (Å²) in [5, 5.41) is 15.3. The fourth-order valence-corrected chi connectivity index (χ4v) is 0.913. The molecule has 0 saturated carbocycles. The van der Waals surface area contributed by atoms with Crippen LogP contribution in [0.15, 0.2) is 0 Å². The van der Waals surface area contributed by atoms with Crippen LogP contribution in [0.25, 0.3) is 0 Å². The molecule has 0 spiro atoms. The van der Waals surface area contributed by atoms with Gasteiger partial charge in [-0.05, 0) is 18.6 Å². The highest BCUT2D eigenvalue weighted by molar-refractivity contribution is 5.90. The summed E-state index contributed by atoms with van der Waals surface area (Å²) in [7, 11) is 1.62. The molecule has 2 N–H and O–H groups in total. The van der Waals surface area contributed by atoms with E-state index in [0.717, 1.165) is 6.42 Å². The number of hydrogen-bond acceptors (Lipinski definition) is 5. The number of amides is 1. The summed E-state index contributed by atoms with van der Waals surface area (Å²) >= 11 is 0. The van der Waals surface area contributed by atoms with Gasteiger partial charge in [0, 0.05) is 19.8 Å². The van der Waals surface area contributed by atoms with E-state index >= 15 is 0 Å². The molecule has 0 saturated heterocycles. The summed E-state index contributed by atoms with van der Waals surface area (Å²) in [5.41, 5.74) is 0. The van der Waals surface area contributed by atoms with E-state index in [1.807, 2.05) is 6.92 Å². The molecule has 1 aromatic rings. The molecule has 1 aromatic heterocycles. The summed E-state index contributed by atoms with van der Waals surface area (Å²) in [6.45, 7) is 2.49. The zero-order valence-electron chi connectivity index (χ0n) is 8.15. The number of nitrogens with one attached hydrogen (secondary N) is 2. The third kappa shape index (κ3) is 3.09. The number of rotatable bonds is 5. The van der Waals surface area contributed by atoms with E-state index in [-0.39, 0.29) is 17.8 Å². The van der Waals surface area contributed by atoms with Crippen LogP contribution in [0.3, 0.4) is 0 Å². The first-order chi connectivity index (χ1) is 6.74. The first-order valence-corrected chi connectivity index (χ1v) is 4.27. The molecule has 1 rings (SSSR count). The fourth-order valence-electron chi connectivity index (χ4n) is 0.913. The van der Waals surface area contributed by atoms with Gasteiger partial charge >= 0.3 is 0 Å². The number of aromatic amines is 1. The van der Waals surface area contributed by atoms with Crippen LogP contribution >= 0.6 is 0 Å². The number of tetrazole rings is 1. The number of ether oxygens (including phenoxy) is 1. The van der Waals surface area contributed by atoms with E-state index < -0.39 is 0 Å². The molecule has 78 valence electrons. The minimum atomic E-state index is -0.331. The molecule has 1 amide bonds. The Balaban J connectivity index is 2.34. The Morgan fingerprint density at radius 1 is 1.71 bits per heavy atom. The number of nitrogens with zero attached hydrogens (tertiary/aromatic N) is 3. The van der Waals surface area contributed by atoms with Crippen LogP contribution in [-0.2, 0) is 4.74 Å². The average Bonchev–Trinajstić information content (AvgIpc) is 2.67. The van der Waals surface area contributed by atoms with Crippen molar-refractivity contribution in [2.24, 2.45) is 0 Å². The van der Waals surface area contributed by atoms with E-state index in [2.05, 4.69) is 25.9 Å². The van der Waals surface area contributed by atoms with Crippen molar-refractivity contribution in [1.82, 2.24) is 25.9 Å². The molecule has 0 aliphatic rings. The monoisotopic (exact) mass is 199 g/mol. The third-order valence-electron chi connectivity index (χ3n) is 1.68. The van der Waals surface area contributed by atoms with Crippen LogP contribution in [0.1, 0.15) is 24.0 Å². The Hall–Kier alpha value is -1.50. The van der Waals surface area contributed by atoms with Crippen LogP contribution in [0.5, 0.6) is 0 Å². The van der Waals surface area contributed by atoms with Crippen molar-refractivity contribution in [2.75, 3.05) is 13.7 Å². The summed E-state index contributed by atoms with van der Waals surface area (Å²) < 4.78 is 4.88. The summed E-state index contributed by atoms with van der Waals surface area (Å²) in [5.74, 6) is -0.281.